The Balaban J connectivity index is 1.94. The van der Waals surface area contributed by atoms with Crippen LogP contribution in [0.15, 0.2) is 30.3 Å². The van der Waals surface area contributed by atoms with E-state index in [1.54, 1.807) is 19.2 Å². The van der Waals surface area contributed by atoms with Crippen LogP contribution in [-0.2, 0) is 4.74 Å². The van der Waals surface area contributed by atoms with Crippen LogP contribution in [0.1, 0.15) is 28.0 Å². The van der Waals surface area contributed by atoms with Crippen molar-refractivity contribution in [1.29, 1.82) is 0 Å². The van der Waals surface area contributed by atoms with E-state index in [2.05, 4.69) is 26.9 Å². The highest BCUT2D eigenvalue weighted by Crippen LogP contribution is 2.14. The molecule has 6 heteroatoms. The number of aromatic nitrogens is 2. The van der Waals surface area contributed by atoms with Gasteiger partial charge in [0.05, 0.1) is 0 Å². The monoisotopic (exact) mass is 314 g/mol. The summed E-state index contributed by atoms with van der Waals surface area (Å²) in [6.45, 7) is 5.42. The van der Waals surface area contributed by atoms with Crippen molar-refractivity contribution in [3.8, 4) is 0 Å². The van der Waals surface area contributed by atoms with E-state index in [-0.39, 0.29) is 11.6 Å². The first-order chi connectivity index (χ1) is 11.1. The van der Waals surface area contributed by atoms with Gasteiger partial charge in [0.2, 0.25) is 0 Å². The number of ether oxygens (including phenoxy) is 1. The van der Waals surface area contributed by atoms with Gasteiger partial charge in [0.1, 0.15) is 5.82 Å². The Morgan fingerprint density at radius 3 is 2.48 bits per heavy atom. The highest BCUT2D eigenvalue weighted by atomic mass is 16.5. The van der Waals surface area contributed by atoms with Gasteiger partial charge in [-0.25, -0.2) is 0 Å². The summed E-state index contributed by atoms with van der Waals surface area (Å²) >= 11 is 0. The van der Waals surface area contributed by atoms with Crippen LogP contribution >= 0.6 is 0 Å². The molecule has 2 aromatic rings. The number of nitrogens with zero attached hydrogens (tertiary/aromatic N) is 2. The number of carbonyl (C=O) groups is 1. The van der Waals surface area contributed by atoms with Crippen LogP contribution in [0.2, 0.25) is 0 Å². The second kappa shape index (κ2) is 8.24. The average molecular weight is 314 g/mol. The molecule has 0 unspecified atom stereocenters. The first kappa shape index (κ1) is 16.9. The SMILES string of the molecule is COCCCNc1ccc(C(=O)Nc2cc(C)cc(C)c2)nn1. The summed E-state index contributed by atoms with van der Waals surface area (Å²) in [4.78, 5) is 12.2. The molecular weight excluding hydrogens is 292 g/mol. The van der Waals surface area contributed by atoms with E-state index in [0.717, 1.165) is 29.8 Å². The van der Waals surface area contributed by atoms with Crippen molar-refractivity contribution in [3.63, 3.8) is 0 Å². The minimum absolute atomic E-state index is 0.270. The van der Waals surface area contributed by atoms with E-state index < -0.39 is 0 Å². The Hall–Kier alpha value is -2.47. The lowest BCUT2D eigenvalue weighted by atomic mass is 10.1. The molecular formula is C17H22N4O2. The van der Waals surface area contributed by atoms with Crippen LogP contribution in [-0.4, -0.2) is 36.4 Å². The summed E-state index contributed by atoms with van der Waals surface area (Å²) in [6, 6.07) is 9.30. The normalized spacial score (nSPS) is 10.4. The molecule has 2 rings (SSSR count). The standard InChI is InChI=1S/C17H22N4O2/c1-12-9-13(2)11-14(10-12)19-17(22)15-5-6-16(21-20-15)18-7-4-8-23-3/h5-6,9-11H,4,7-8H2,1-3H3,(H,18,21)(H,19,22). The summed E-state index contributed by atoms with van der Waals surface area (Å²) in [6.07, 6.45) is 0.882. The van der Waals surface area contributed by atoms with Crippen molar-refractivity contribution in [2.75, 3.05) is 30.9 Å². The Kier molecular flexibility index (Phi) is 6.05. The molecule has 1 aromatic carbocycles. The van der Waals surface area contributed by atoms with Gasteiger partial charge in [-0.1, -0.05) is 6.07 Å². The quantitative estimate of drug-likeness (QED) is 0.769. The summed E-state index contributed by atoms with van der Waals surface area (Å²) in [5.41, 5.74) is 3.24. The van der Waals surface area contributed by atoms with Crippen molar-refractivity contribution in [2.45, 2.75) is 20.3 Å². The maximum Gasteiger partial charge on any atom is 0.276 e. The molecule has 0 fully saturated rings. The molecule has 0 aliphatic rings. The van der Waals surface area contributed by atoms with Crippen LogP contribution in [0.25, 0.3) is 0 Å². The van der Waals surface area contributed by atoms with Gasteiger partial charge < -0.3 is 15.4 Å². The van der Waals surface area contributed by atoms with Crippen LogP contribution < -0.4 is 10.6 Å². The Morgan fingerprint density at radius 2 is 1.87 bits per heavy atom. The number of aryl methyl sites for hydroxylation is 2. The summed E-state index contributed by atoms with van der Waals surface area (Å²) in [5.74, 6) is 0.373. The predicted octanol–water partition coefficient (Wildman–Crippen LogP) is 2.79. The van der Waals surface area contributed by atoms with Gasteiger partial charge in [0.25, 0.3) is 5.91 Å². The average Bonchev–Trinajstić information content (AvgIpc) is 2.51. The van der Waals surface area contributed by atoms with Gasteiger partial charge in [0.15, 0.2) is 5.69 Å². The molecule has 1 amide bonds. The number of anilines is 2. The lowest BCUT2D eigenvalue weighted by Gasteiger charge is -2.08. The molecule has 0 saturated heterocycles. The minimum atomic E-state index is -0.270. The maximum absolute atomic E-state index is 12.2. The van der Waals surface area contributed by atoms with E-state index in [0.29, 0.717) is 12.4 Å². The molecule has 1 aromatic heterocycles. The van der Waals surface area contributed by atoms with Gasteiger partial charge in [-0.2, -0.15) is 0 Å². The van der Waals surface area contributed by atoms with Crippen molar-refractivity contribution >= 4 is 17.4 Å². The van der Waals surface area contributed by atoms with E-state index in [1.165, 1.54) is 0 Å². The highest BCUT2D eigenvalue weighted by molar-refractivity contribution is 6.02. The third-order valence-corrected chi connectivity index (χ3v) is 3.21. The smallest absolute Gasteiger partial charge is 0.276 e. The number of benzene rings is 1. The molecule has 0 radical (unpaired) electrons. The summed E-state index contributed by atoms with van der Waals surface area (Å²) in [5, 5.41) is 13.9. The van der Waals surface area contributed by atoms with Crippen LogP contribution in [0.5, 0.6) is 0 Å². The lowest BCUT2D eigenvalue weighted by molar-refractivity contribution is 0.102. The molecule has 0 atom stereocenters. The molecule has 0 aliphatic heterocycles. The number of rotatable bonds is 7. The number of hydrogen-bond donors (Lipinski definition) is 2. The Bertz CT molecular complexity index is 636. The fourth-order valence-electron chi connectivity index (χ4n) is 2.22. The molecule has 0 saturated carbocycles. The first-order valence-corrected chi connectivity index (χ1v) is 7.54. The van der Waals surface area contributed by atoms with Gasteiger partial charge in [0, 0.05) is 25.9 Å². The highest BCUT2D eigenvalue weighted by Gasteiger charge is 2.09. The van der Waals surface area contributed by atoms with Gasteiger partial charge >= 0.3 is 0 Å². The van der Waals surface area contributed by atoms with Crippen LogP contribution in [0.3, 0.4) is 0 Å². The Labute approximate surface area is 136 Å². The zero-order chi connectivity index (χ0) is 16.7. The molecule has 122 valence electrons. The second-order valence-electron chi connectivity index (χ2n) is 5.41. The molecule has 0 spiro atoms. The fourth-order valence-corrected chi connectivity index (χ4v) is 2.22. The van der Waals surface area contributed by atoms with Gasteiger partial charge in [-0.15, -0.1) is 10.2 Å². The van der Waals surface area contributed by atoms with Crippen LogP contribution in [0.4, 0.5) is 11.5 Å². The minimum Gasteiger partial charge on any atom is -0.385 e. The number of methoxy groups -OCH3 is 1. The van der Waals surface area contributed by atoms with Crippen molar-refractivity contribution in [2.24, 2.45) is 0 Å². The topological polar surface area (TPSA) is 76.1 Å². The van der Waals surface area contributed by atoms with Crippen molar-refractivity contribution in [3.05, 3.63) is 47.2 Å². The third kappa shape index (κ3) is 5.34. The molecule has 0 aliphatic carbocycles. The maximum atomic E-state index is 12.2. The lowest BCUT2D eigenvalue weighted by Crippen LogP contribution is -2.15. The third-order valence-electron chi connectivity index (χ3n) is 3.21. The van der Waals surface area contributed by atoms with Crippen LogP contribution in [0, 0.1) is 13.8 Å². The number of hydrogen-bond acceptors (Lipinski definition) is 5. The largest absolute Gasteiger partial charge is 0.385 e. The number of carbonyl (C=O) groups excluding carboxylic acids is 1. The van der Waals surface area contributed by atoms with E-state index in [1.807, 2.05) is 26.0 Å². The Morgan fingerprint density at radius 1 is 1.13 bits per heavy atom. The number of amides is 1. The first-order valence-electron chi connectivity index (χ1n) is 7.54. The number of nitrogens with one attached hydrogen (secondary N) is 2. The van der Waals surface area contributed by atoms with Crippen molar-refractivity contribution < 1.29 is 9.53 Å². The zero-order valence-electron chi connectivity index (χ0n) is 13.7. The zero-order valence-corrected chi connectivity index (χ0v) is 13.7. The summed E-state index contributed by atoms with van der Waals surface area (Å²) < 4.78 is 4.97. The van der Waals surface area contributed by atoms with Gasteiger partial charge in [-0.3, -0.25) is 4.79 Å². The van der Waals surface area contributed by atoms with Crippen molar-refractivity contribution in [1.82, 2.24) is 10.2 Å². The molecule has 1 heterocycles. The predicted molar refractivity (Wildman–Crippen MR) is 90.9 cm³/mol. The molecule has 0 bridgehead atoms. The second-order valence-corrected chi connectivity index (χ2v) is 5.41. The molecule has 2 N–H and O–H groups in total. The summed E-state index contributed by atoms with van der Waals surface area (Å²) in [7, 11) is 1.67. The fraction of sp³-hybridized carbons (Fsp3) is 0.353. The van der Waals surface area contributed by atoms with E-state index in [4.69, 9.17) is 4.74 Å². The molecule has 6 nitrogen and oxygen atoms in total. The van der Waals surface area contributed by atoms with E-state index in [9.17, 15) is 4.79 Å². The van der Waals surface area contributed by atoms with Gasteiger partial charge in [-0.05, 0) is 55.7 Å². The van der Waals surface area contributed by atoms with E-state index >= 15 is 0 Å². The molecule has 23 heavy (non-hydrogen) atoms.